The van der Waals surface area contributed by atoms with E-state index in [-0.39, 0.29) is 17.3 Å². The molecule has 0 amide bonds. The maximum atomic E-state index is 14.1. The van der Waals surface area contributed by atoms with E-state index in [0.29, 0.717) is 29.1 Å². The van der Waals surface area contributed by atoms with Gasteiger partial charge in [0.1, 0.15) is 18.0 Å². The monoisotopic (exact) mass is 418 g/mol. The molecule has 1 aliphatic rings. The number of nitrogen functional groups attached to an aromatic ring is 1. The smallest absolute Gasteiger partial charge is 0.166 e. The van der Waals surface area contributed by atoms with E-state index in [4.69, 9.17) is 10.5 Å². The van der Waals surface area contributed by atoms with Crippen LogP contribution in [0.1, 0.15) is 29.2 Å². The van der Waals surface area contributed by atoms with Gasteiger partial charge in [-0.2, -0.15) is 5.26 Å². The standard InChI is InChI=1S/C21H15FN6OS/c1-11-15-5-13(22)2-3-14(15)19-18(30-10-27-19)8-28-9-26-16(6-23)20(28)12-4-17(29-11)21(24)25-7-12/h2-5,7,9-11H,8H2,1H3,(H2,24,25)/t11-/m1/s1. The quantitative estimate of drug-likeness (QED) is 0.460. The Morgan fingerprint density at radius 3 is 3.00 bits per heavy atom. The summed E-state index contributed by atoms with van der Waals surface area (Å²) in [4.78, 5) is 14.0. The summed E-state index contributed by atoms with van der Waals surface area (Å²) in [6.07, 6.45) is 2.70. The van der Waals surface area contributed by atoms with Gasteiger partial charge >= 0.3 is 0 Å². The summed E-state index contributed by atoms with van der Waals surface area (Å²) >= 11 is 1.49. The molecule has 9 heteroatoms. The minimum atomic E-state index is -0.510. The van der Waals surface area contributed by atoms with Crippen LogP contribution in [-0.4, -0.2) is 19.5 Å². The van der Waals surface area contributed by atoms with Crippen LogP contribution in [0.15, 0.2) is 42.3 Å². The van der Waals surface area contributed by atoms with Gasteiger partial charge in [0, 0.05) is 22.9 Å². The number of nitrogens with two attached hydrogens (primary N) is 1. The number of ether oxygens (including phenoxy) is 1. The molecule has 0 aliphatic carbocycles. The van der Waals surface area contributed by atoms with Gasteiger partial charge < -0.3 is 15.0 Å². The van der Waals surface area contributed by atoms with Crippen molar-refractivity contribution in [2.24, 2.45) is 0 Å². The van der Waals surface area contributed by atoms with E-state index in [2.05, 4.69) is 21.0 Å². The minimum absolute atomic E-state index is 0.208. The van der Waals surface area contributed by atoms with Crippen LogP contribution in [0.3, 0.4) is 0 Å². The highest BCUT2D eigenvalue weighted by molar-refractivity contribution is 7.10. The highest BCUT2D eigenvalue weighted by Gasteiger charge is 2.23. The molecule has 0 unspecified atom stereocenters. The topological polar surface area (TPSA) is 103 Å². The summed E-state index contributed by atoms with van der Waals surface area (Å²) in [7, 11) is 0. The number of rotatable bonds is 0. The molecule has 2 bridgehead atoms. The van der Waals surface area contributed by atoms with Gasteiger partial charge in [0.25, 0.3) is 0 Å². The summed E-state index contributed by atoms with van der Waals surface area (Å²) in [5.74, 6) is 0.203. The number of fused-ring (bicyclic) bond motifs is 7. The molecule has 0 saturated heterocycles. The molecule has 5 rings (SSSR count). The van der Waals surface area contributed by atoms with Gasteiger partial charge in [-0.15, -0.1) is 11.3 Å². The molecule has 0 radical (unpaired) electrons. The van der Waals surface area contributed by atoms with Crippen LogP contribution >= 0.6 is 11.3 Å². The van der Waals surface area contributed by atoms with Crippen molar-refractivity contribution in [1.29, 1.82) is 5.26 Å². The Morgan fingerprint density at radius 1 is 1.30 bits per heavy atom. The molecule has 3 aromatic heterocycles. The first kappa shape index (κ1) is 18.3. The molecule has 1 atom stereocenters. The summed E-state index contributed by atoms with van der Waals surface area (Å²) in [5, 5.41) is 9.56. The second-order valence-electron chi connectivity index (χ2n) is 6.90. The number of thiazole rings is 1. The number of pyridine rings is 1. The molecule has 7 nitrogen and oxygen atoms in total. The molecule has 2 N–H and O–H groups in total. The number of imidazole rings is 1. The molecule has 0 saturated carbocycles. The maximum Gasteiger partial charge on any atom is 0.166 e. The van der Waals surface area contributed by atoms with E-state index in [1.165, 1.54) is 23.5 Å². The van der Waals surface area contributed by atoms with Crippen molar-refractivity contribution in [2.45, 2.75) is 19.6 Å². The minimum Gasteiger partial charge on any atom is -0.482 e. The van der Waals surface area contributed by atoms with Crippen LogP contribution < -0.4 is 10.5 Å². The van der Waals surface area contributed by atoms with Crippen molar-refractivity contribution in [1.82, 2.24) is 19.5 Å². The van der Waals surface area contributed by atoms with Crippen LogP contribution in [0.2, 0.25) is 0 Å². The third-order valence-corrected chi connectivity index (χ3v) is 5.88. The fraction of sp³-hybridized carbons (Fsp3) is 0.143. The van der Waals surface area contributed by atoms with E-state index < -0.39 is 6.10 Å². The summed E-state index contributed by atoms with van der Waals surface area (Å²) < 4.78 is 22.1. The lowest BCUT2D eigenvalue weighted by Crippen LogP contribution is -2.10. The number of nitriles is 1. The molecule has 1 aliphatic heterocycles. The summed E-state index contributed by atoms with van der Waals surface area (Å²) in [6.45, 7) is 2.28. The van der Waals surface area contributed by atoms with Gasteiger partial charge in [-0.1, -0.05) is 0 Å². The fourth-order valence-corrected chi connectivity index (χ4v) is 4.44. The molecule has 30 heavy (non-hydrogen) atoms. The lowest BCUT2D eigenvalue weighted by Gasteiger charge is -2.21. The molecule has 148 valence electrons. The third-order valence-electron chi connectivity index (χ3n) is 5.06. The Morgan fingerprint density at radius 2 is 2.17 bits per heavy atom. The van der Waals surface area contributed by atoms with Gasteiger partial charge in [-0.25, -0.2) is 19.3 Å². The molecule has 0 spiro atoms. The van der Waals surface area contributed by atoms with Crippen molar-refractivity contribution in [2.75, 3.05) is 5.73 Å². The Balaban J connectivity index is 1.81. The van der Waals surface area contributed by atoms with Crippen molar-refractivity contribution >= 4 is 17.2 Å². The average Bonchev–Trinajstić information content (AvgIpc) is 3.36. The van der Waals surface area contributed by atoms with Gasteiger partial charge in [0.15, 0.2) is 17.3 Å². The molecule has 4 heterocycles. The first-order chi connectivity index (χ1) is 14.5. The van der Waals surface area contributed by atoms with Gasteiger partial charge in [-0.05, 0) is 31.2 Å². The van der Waals surface area contributed by atoms with Crippen molar-refractivity contribution in [3.8, 4) is 34.3 Å². The zero-order chi connectivity index (χ0) is 20.8. The van der Waals surface area contributed by atoms with E-state index in [9.17, 15) is 9.65 Å². The number of nitrogens with zero attached hydrogens (tertiary/aromatic N) is 5. The highest BCUT2D eigenvalue weighted by Crippen LogP contribution is 2.38. The van der Waals surface area contributed by atoms with Crippen LogP contribution in [-0.2, 0) is 6.54 Å². The van der Waals surface area contributed by atoms with Crippen molar-refractivity contribution in [3.63, 3.8) is 0 Å². The number of aromatic nitrogens is 4. The Labute approximate surface area is 175 Å². The number of halogens is 1. The molecule has 4 aromatic rings. The van der Waals surface area contributed by atoms with Crippen LogP contribution in [0.25, 0.3) is 22.5 Å². The predicted octanol–water partition coefficient (Wildman–Crippen LogP) is 4.16. The Kier molecular flexibility index (Phi) is 4.22. The SMILES string of the molecule is C[C@H]1Oc2cc(cnc2N)-c2c(C#N)ncn2Cc2scnc2-c2ccc(F)cc21. The van der Waals surface area contributed by atoms with E-state index in [1.54, 1.807) is 30.2 Å². The summed E-state index contributed by atoms with van der Waals surface area (Å²) in [5.41, 5.74) is 11.6. The van der Waals surface area contributed by atoms with Crippen molar-refractivity contribution < 1.29 is 9.13 Å². The largest absolute Gasteiger partial charge is 0.482 e. The lowest BCUT2D eigenvalue weighted by atomic mass is 9.99. The zero-order valence-electron chi connectivity index (χ0n) is 15.8. The third kappa shape index (κ3) is 2.89. The van der Waals surface area contributed by atoms with Crippen LogP contribution in [0.4, 0.5) is 10.2 Å². The number of benzene rings is 1. The fourth-order valence-electron chi connectivity index (χ4n) is 3.66. The molecule has 1 aromatic carbocycles. The number of anilines is 1. The van der Waals surface area contributed by atoms with Gasteiger partial charge in [0.05, 0.1) is 34.6 Å². The molecular weight excluding hydrogens is 403 g/mol. The summed E-state index contributed by atoms with van der Waals surface area (Å²) in [6, 6.07) is 8.45. The number of hydrogen-bond donors (Lipinski definition) is 1. The second-order valence-corrected chi connectivity index (χ2v) is 7.84. The van der Waals surface area contributed by atoms with E-state index in [1.807, 2.05) is 11.5 Å². The Hall–Kier alpha value is -3.77. The molecule has 0 fully saturated rings. The zero-order valence-corrected chi connectivity index (χ0v) is 16.7. The lowest BCUT2D eigenvalue weighted by molar-refractivity contribution is 0.227. The van der Waals surface area contributed by atoms with Crippen LogP contribution in [0.5, 0.6) is 5.75 Å². The Bertz CT molecular complexity index is 1320. The first-order valence-corrected chi connectivity index (χ1v) is 10.0. The predicted molar refractivity (Wildman–Crippen MR) is 110 cm³/mol. The maximum absolute atomic E-state index is 14.1. The molecular formula is C21H15FN6OS. The highest BCUT2D eigenvalue weighted by atomic mass is 32.1. The van der Waals surface area contributed by atoms with Crippen LogP contribution in [0, 0.1) is 17.1 Å². The van der Waals surface area contributed by atoms with E-state index in [0.717, 1.165) is 16.1 Å². The number of hydrogen-bond acceptors (Lipinski definition) is 7. The van der Waals surface area contributed by atoms with Gasteiger partial charge in [0.2, 0.25) is 0 Å². The second kappa shape index (κ2) is 6.93. The van der Waals surface area contributed by atoms with Crippen molar-refractivity contribution in [3.05, 3.63) is 64.3 Å². The normalized spacial score (nSPS) is 14.9. The van der Waals surface area contributed by atoms with Gasteiger partial charge in [-0.3, -0.25) is 0 Å². The van der Waals surface area contributed by atoms with E-state index >= 15 is 0 Å². The first-order valence-electron chi connectivity index (χ1n) is 9.15. The average molecular weight is 418 g/mol.